The van der Waals surface area contributed by atoms with Crippen molar-refractivity contribution in [1.82, 2.24) is 0 Å². The van der Waals surface area contributed by atoms with E-state index in [9.17, 15) is 10.1 Å². The first-order valence-electron chi connectivity index (χ1n) is 5.90. The number of anilines is 1. The van der Waals surface area contributed by atoms with Crippen molar-refractivity contribution in [2.45, 2.75) is 11.5 Å². The summed E-state index contributed by atoms with van der Waals surface area (Å²) in [7, 11) is 0. The molecule has 0 saturated carbocycles. The number of benzene rings is 2. The number of thioether (sulfide) groups is 1. The molecule has 5 nitrogen and oxygen atoms in total. The second-order valence-corrected chi connectivity index (χ2v) is 4.99. The maximum atomic E-state index is 10.8. The molecule has 20 heavy (non-hydrogen) atoms. The van der Waals surface area contributed by atoms with Gasteiger partial charge in [-0.2, -0.15) is 0 Å². The monoisotopic (exact) mass is 290 g/mol. The van der Waals surface area contributed by atoms with Gasteiger partial charge in [0.1, 0.15) is 18.0 Å². The first-order valence-corrected chi connectivity index (χ1v) is 7.12. The highest BCUT2D eigenvalue weighted by Crippen LogP contribution is 2.24. The molecule has 2 N–H and O–H groups in total. The van der Waals surface area contributed by atoms with Gasteiger partial charge in [-0.1, -0.05) is 6.07 Å². The van der Waals surface area contributed by atoms with Crippen LogP contribution in [0.15, 0.2) is 47.4 Å². The minimum absolute atomic E-state index is 0.0937. The lowest BCUT2D eigenvalue weighted by molar-refractivity contribution is -0.384. The number of hydrogen-bond donors (Lipinski definition) is 1. The Morgan fingerprint density at radius 3 is 2.55 bits per heavy atom. The molecular weight excluding hydrogens is 276 g/mol. The quantitative estimate of drug-likeness (QED) is 0.395. The predicted molar refractivity (Wildman–Crippen MR) is 80.1 cm³/mol. The summed E-state index contributed by atoms with van der Waals surface area (Å²) in [4.78, 5) is 11.5. The number of nitro groups is 1. The molecule has 0 heterocycles. The lowest BCUT2D eigenvalue weighted by atomic mass is 10.2. The standard InChI is InChI=1S/C14H14N2O3S/c1-20-12-5-3-11(4-6-12)19-9-10-2-7-13(15)14(8-10)16(17)18/h2-8H,9,15H2,1H3. The summed E-state index contributed by atoms with van der Waals surface area (Å²) in [6.07, 6.45) is 2.00. The van der Waals surface area contributed by atoms with Gasteiger partial charge in [0, 0.05) is 11.0 Å². The van der Waals surface area contributed by atoms with E-state index >= 15 is 0 Å². The Kier molecular flexibility index (Phi) is 4.47. The van der Waals surface area contributed by atoms with Crippen molar-refractivity contribution in [3.05, 3.63) is 58.1 Å². The van der Waals surface area contributed by atoms with E-state index in [0.717, 1.165) is 10.6 Å². The third kappa shape index (κ3) is 3.42. The maximum absolute atomic E-state index is 10.8. The second-order valence-electron chi connectivity index (χ2n) is 4.11. The minimum atomic E-state index is -0.494. The molecule has 0 spiro atoms. The van der Waals surface area contributed by atoms with Crippen molar-refractivity contribution in [2.24, 2.45) is 0 Å². The number of nitro benzene ring substituents is 1. The molecule has 0 bridgehead atoms. The van der Waals surface area contributed by atoms with Crippen LogP contribution in [0.2, 0.25) is 0 Å². The highest BCUT2D eigenvalue weighted by atomic mass is 32.2. The summed E-state index contributed by atoms with van der Waals surface area (Å²) in [5, 5.41) is 10.8. The van der Waals surface area contributed by atoms with E-state index < -0.39 is 4.92 Å². The Balaban J connectivity index is 2.06. The van der Waals surface area contributed by atoms with Crippen molar-refractivity contribution >= 4 is 23.1 Å². The van der Waals surface area contributed by atoms with Gasteiger partial charge in [-0.25, -0.2) is 0 Å². The number of rotatable bonds is 5. The molecule has 0 aliphatic rings. The van der Waals surface area contributed by atoms with E-state index in [-0.39, 0.29) is 18.0 Å². The molecule has 0 fully saturated rings. The molecule has 0 atom stereocenters. The number of nitrogens with two attached hydrogens (primary N) is 1. The molecule has 0 saturated heterocycles. The summed E-state index contributed by atoms with van der Waals surface area (Å²) in [5.41, 5.74) is 6.31. The van der Waals surface area contributed by atoms with E-state index in [1.165, 1.54) is 12.1 Å². The molecule has 0 aromatic heterocycles. The van der Waals surface area contributed by atoms with Gasteiger partial charge in [0.15, 0.2) is 0 Å². The first-order chi connectivity index (χ1) is 9.60. The Morgan fingerprint density at radius 1 is 1.25 bits per heavy atom. The van der Waals surface area contributed by atoms with Crippen LogP contribution >= 0.6 is 11.8 Å². The molecule has 0 aliphatic heterocycles. The predicted octanol–water partition coefficient (Wildman–Crippen LogP) is 3.48. The molecule has 2 rings (SSSR count). The normalized spacial score (nSPS) is 10.2. The summed E-state index contributed by atoms with van der Waals surface area (Å²) in [6.45, 7) is 0.264. The smallest absolute Gasteiger partial charge is 0.292 e. The van der Waals surface area contributed by atoms with Crippen LogP contribution in [-0.2, 0) is 6.61 Å². The summed E-state index contributed by atoms with van der Waals surface area (Å²) in [5.74, 6) is 0.724. The van der Waals surface area contributed by atoms with Crippen molar-refractivity contribution in [3.8, 4) is 5.75 Å². The van der Waals surface area contributed by atoms with Crippen molar-refractivity contribution in [3.63, 3.8) is 0 Å². The van der Waals surface area contributed by atoms with Crippen LogP contribution in [0.4, 0.5) is 11.4 Å². The molecule has 2 aromatic carbocycles. The molecule has 2 aromatic rings. The average molecular weight is 290 g/mol. The summed E-state index contributed by atoms with van der Waals surface area (Å²) >= 11 is 1.65. The van der Waals surface area contributed by atoms with Gasteiger partial charge >= 0.3 is 0 Å². The third-order valence-corrected chi connectivity index (χ3v) is 3.50. The van der Waals surface area contributed by atoms with Gasteiger partial charge in [0.25, 0.3) is 5.69 Å². The van der Waals surface area contributed by atoms with E-state index in [4.69, 9.17) is 10.5 Å². The van der Waals surface area contributed by atoms with Gasteiger partial charge in [0.05, 0.1) is 4.92 Å². The highest BCUT2D eigenvalue weighted by molar-refractivity contribution is 7.98. The van der Waals surface area contributed by atoms with Gasteiger partial charge in [-0.05, 0) is 42.2 Å². The number of nitrogens with zero attached hydrogens (tertiary/aromatic N) is 1. The summed E-state index contributed by atoms with van der Waals surface area (Å²) < 4.78 is 5.59. The molecule has 0 aliphatic carbocycles. The fourth-order valence-corrected chi connectivity index (χ4v) is 2.08. The molecule has 0 amide bonds. The molecule has 0 radical (unpaired) electrons. The zero-order chi connectivity index (χ0) is 14.5. The maximum Gasteiger partial charge on any atom is 0.292 e. The van der Waals surface area contributed by atoms with Gasteiger partial charge in [-0.15, -0.1) is 11.8 Å². The van der Waals surface area contributed by atoms with E-state index in [1.54, 1.807) is 17.8 Å². The fourth-order valence-electron chi connectivity index (χ4n) is 1.68. The van der Waals surface area contributed by atoms with Crippen LogP contribution in [-0.4, -0.2) is 11.2 Å². The highest BCUT2D eigenvalue weighted by Gasteiger charge is 2.11. The van der Waals surface area contributed by atoms with Crippen LogP contribution in [0, 0.1) is 10.1 Å². The Labute approximate surface area is 120 Å². The number of nitrogen functional groups attached to an aromatic ring is 1. The number of hydrogen-bond acceptors (Lipinski definition) is 5. The lowest BCUT2D eigenvalue weighted by Gasteiger charge is -2.07. The van der Waals surface area contributed by atoms with Crippen LogP contribution in [0.3, 0.4) is 0 Å². The van der Waals surface area contributed by atoms with E-state index in [2.05, 4.69) is 0 Å². The van der Waals surface area contributed by atoms with Gasteiger partial charge in [-0.3, -0.25) is 10.1 Å². The molecule has 0 unspecified atom stereocenters. The Bertz CT molecular complexity index is 614. The average Bonchev–Trinajstić information content (AvgIpc) is 2.46. The topological polar surface area (TPSA) is 78.4 Å². The third-order valence-electron chi connectivity index (χ3n) is 2.76. The lowest BCUT2D eigenvalue weighted by Crippen LogP contribution is -2.00. The molecule has 104 valence electrons. The SMILES string of the molecule is CSc1ccc(OCc2ccc(N)c([N+](=O)[O-])c2)cc1. The minimum Gasteiger partial charge on any atom is -0.489 e. The van der Waals surface area contributed by atoms with Crippen LogP contribution in [0.1, 0.15) is 5.56 Å². The van der Waals surface area contributed by atoms with Crippen molar-refractivity contribution in [1.29, 1.82) is 0 Å². The molecular formula is C14H14N2O3S. The van der Waals surface area contributed by atoms with Gasteiger partial charge in [0.2, 0.25) is 0 Å². The van der Waals surface area contributed by atoms with Crippen LogP contribution in [0.25, 0.3) is 0 Å². The first kappa shape index (κ1) is 14.2. The van der Waals surface area contributed by atoms with E-state index in [1.807, 2.05) is 30.5 Å². The Morgan fingerprint density at radius 2 is 1.95 bits per heavy atom. The largest absolute Gasteiger partial charge is 0.489 e. The Hall–Kier alpha value is -2.21. The number of ether oxygens (including phenoxy) is 1. The van der Waals surface area contributed by atoms with E-state index in [0.29, 0.717) is 5.56 Å². The van der Waals surface area contributed by atoms with Crippen molar-refractivity contribution in [2.75, 3.05) is 12.0 Å². The second kappa shape index (κ2) is 6.29. The van der Waals surface area contributed by atoms with Crippen LogP contribution in [0.5, 0.6) is 5.75 Å². The zero-order valence-electron chi connectivity index (χ0n) is 10.9. The molecule has 6 heteroatoms. The fraction of sp³-hybridized carbons (Fsp3) is 0.143. The van der Waals surface area contributed by atoms with Gasteiger partial charge < -0.3 is 10.5 Å². The van der Waals surface area contributed by atoms with Crippen molar-refractivity contribution < 1.29 is 9.66 Å². The summed E-state index contributed by atoms with van der Waals surface area (Å²) in [6, 6.07) is 12.4. The van der Waals surface area contributed by atoms with Crippen LogP contribution < -0.4 is 10.5 Å². The zero-order valence-corrected chi connectivity index (χ0v) is 11.7.